The summed E-state index contributed by atoms with van der Waals surface area (Å²) in [6.45, 7) is 12.8. The highest BCUT2D eigenvalue weighted by Gasteiger charge is 2.18. The van der Waals surface area contributed by atoms with E-state index in [1.165, 1.54) is 0 Å². The normalized spacial score (nSPS) is 13.6. The zero-order chi connectivity index (χ0) is 16.5. The Morgan fingerprint density at radius 1 is 1.27 bits per heavy atom. The molecule has 0 aliphatic carbocycles. The molecule has 122 valence electrons. The summed E-state index contributed by atoms with van der Waals surface area (Å²) in [5.74, 6) is 0.745. The molecule has 0 spiro atoms. The minimum atomic E-state index is -0.574. The number of benzene rings is 1. The van der Waals surface area contributed by atoms with Crippen molar-refractivity contribution >= 4 is 11.0 Å². The minimum Gasteiger partial charge on any atom is -0.490 e. The summed E-state index contributed by atoms with van der Waals surface area (Å²) in [6.07, 6.45) is -0.574. The van der Waals surface area contributed by atoms with Gasteiger partial charge in [0.25, 0.3) is 0 Å². The lowest BCUT2D eigenvalue weighted by atomic mass is 10.1. The second-order valence-electron chi connectivity index (χ2n) is 6.91. The van der Waals surface area contributed by atoms with E-state index in [0.29, 0.717) is 6.54 Å². The van der Waals surface area contributed by atoms with Gasteiger partial charge in [-0.15, -0.1) is 0 Å². The average molecular weight is 306 g/mol. The van der Waals surface area contributed by atoms with E-state index in [9.17, 15) is 5.11 Å². The molecule has 0 bridgehead atoms. The van der Waals surface area contributed by atoms with Crippen molar-refractivity contribution in [3.05, 3.63) is 22.9 Å². The van der Waals surface area contributed by atoms with Gasteiger partial charge in [0.1, 0.15) is 18.5 Å². The van der Waals surface area contributed by atoms with Crippen LogP contribution in [-0.2, 0) is 0 Å². The van der Waals surface area contributed by atoms with E-state index in [0.717, 1.165) is 33.5 Å². The van der Waals surface area contributed by atoms with Gasteiger partial charge in [0.2, 0.25) is 0 Å². The van der Waals surface area contributed by atoms with Crippen molar-refractivity contribution in [1.82, 2.24) is 10.5 Å². The minimum absolute atomic E-state index is 0.0287. The van der Waals surface area contributed by atoms with Gasteiger partial charge in [-0.25, -0.2) is 0 Å². The first-order valence-corrected chi connectivity index (χ1v) is 7.61. The van der Waals surface area contributed by atoms with Crippen LogP contribution in [0.15, 0.2) is 10.6 Å². The smallest absolute Gasteiger partial charge is 0.173 e. The number of aromatic nitrogens is 1. The van der Waals surface area contributed by atoms with E-state index < -0.39 is 6.10 Å². The zero-order valence-electron chi connectivity index (χ0n) is 14.3. The molecular weight excluding hydrogens is 280 g/mol. The molecule has 0 amide bonds. The van der Waals surface area contributed by atoms with Gasteiger partial charge in [0, 0.05) is 12.1 Å². The van der Waals surface area contributed by atoms with Crippen molar-refractivity contribution in [3.8, 4) is 5.75 Å². The van der Waals surface area contributed by atoms with Gasteiger partial charge in [-0.05, 0) is 58.7 Å². The van der Waals surface area contributed by atoms with E-state index in [-0.39, 0.29) is 12.1 Å². The largest absolute Gasteiger partial charge is 0.490 e. The fourth-order valence-electron chi connectivity index (χ4n) is 2.41. The van der Waals surface area contributed by atoms with Crippen molar-refractivity contribution in [3.63, 3.8) is 0 Å². The first kappa shape index (κ1) is 16.8. The van der Waals surface area contributed by atoms with E-state index in [4.69, 9.17) is 9.26 Å². The Morgan fingerprint density at radius 3 is 2.59 bits per heavy atom. The first-order valence-electron chi connectivity index (χ1n) is 7.61. The number of aliphatic hydroxyl groups excluding tert-OH is 1. The van der Waals surface area contributed by atoms with E-state index in [1.807, 2.05) is 26.8 Å². The van der Waals surface area contributed by atoms with Crippen LogP contribution in [0.25, 0.3) is 11.0 Å². The van der Waals surface area contributed by atoms with Crippen molar-refractivity contribution in [2.45, 2.75) is 53.2 Å². The van der Waals surface area contributed by atoms with Crippen molar-refractivity contribution in [2.75, 3.05) is 13.2 Å². The lowest BCUT2D eigenvalue weighted by Gasteiger charge is -2.23. The van der Waals surface area contributed by atoms with Gasteiger partial charge < -0.3 is 19.7 Å². The van der Waals surface area contributed by atoms with Crippen LogP contribution < -0.4 is 10.1 Å². The number of aliphatic hydroxyl groups is 1. The van der Waals surface area contributed by atoms with E-state index in [2.05, 4.69) is 31.2 Å². The first-order chi connectivity index (χ1) is 10.2. The summed E-state index contributed by atoms with van der Waals surface area (Å²) in [7, 11) is 0. The van der Waals surface area contributed by atoms with Gasteiger partial charge >= 0.3 is 0 Å². The van der Waals surface area contributed by atoms with Crippen molar-refractivity contribution in [2.24, 2.45) is 0 Å². The molecule has 1 heterocycles. The number of rotatable bonds is 5. The zero-order valence-corrected chi connectivity index (χ0v) is 14.3. The molecule has 2 aromatic rings. The monoisotopic (exact) mass is 306 g/mol. The number of nitrogens with one attached hydrogen (secondary N) is 1. The van der Waals surface area contributed by atoms with Gasteiger partial charge in [0.05, 0.1) is 11.1 Å². The molecule has 0 fully saturated rings. The SMILES string of the molecule is Cc1cc(C)c2onc(C)c2c1OCC(O)CNC(C)(C)C. The van der Waals surface area contributed by atoms with Crippen LogP contribution >= 0.6 is 0 Å². The molecule has 22 heavy (non-hydrogen) atoms. The quantitative estimate of drug-likeness (QED) is 0.889. The standard InChI is InChI=1S/C17H26N2O3/c1-10-7-11(2)16-14(12(3)19-22-16)15(10)21-9-13(20)8-18-17(4,5)6/h7,13,18,20H,8-9H2,1-6H3. The van der Waals surface area contributed by atoms with Crippen LogP contribution in [0.4, 0.5) is 0 Å². The van der Waals surface area contributed by atoms with Gasteiger partial charge in [0.15, 0.2) is 5.58 Å². The van der Waals surface area contributed by atoms with Gasteiger partial charge in [-0.2, -0.15) is 0 Å². The Morgan fingerprint density at radius 2 is 1.95 bits per heavy atom. The maximum atomic E-state index is 10.1. The summed E-state index contributed by atoms with van der Waals surface area (Å²) in [5.41, 5.74) is 3.58. The summed E-state index contributed by atoms with van der Waals surface area (Å²) in [4.78, 5) is 0. The molecular formula is C17H26N2O3. The van der Waals surface area contributed by atoms with Crippen LogP contribution in [0.3, 0.4) is 0 Å². The summed E-state index contributed by atoms with van der Waals surface area (Å²) in [5, 5.41) is 18.3. The number of hydrogen-bond donors (Lipinski definition) is 2. The lowest BCUT2D eigenvalue weighted by Crippen LogP contribution is -2.42. The molecule has 0 radical (unpaired) electrons. The molecule has 0 aliphatic rings. The highest BCUT2D eigenvalue weighted by molar-refractivity contribution is 5.89. The summed E-state index contributed by atoms with van der Waals surface area (Å²) < 4.78 is 11.3. The Kier molecular flexibility index (Phi) is 4.78. The molecule has 0 saturated heterocycles. The Balaban J connectivity index is 2.13. The topological polar surface area (TPSA) is 67.5 Å². The van der Waals surface area contributed by atoms with Crippen LogP contribution in [0.5, 0.6) is 5.75 Å². The molecule has 0 aliphatic heterocycles. The summed E-state index contributed by atoms with van der Waals surface area (Å²) in [6, 6.07) is 2.02. The van der Waals surface area contributed by atoms with Crippen molar-refractivity contribution < 1.29 is 14.4 Å². The highest BCUT2D eigenvalue weighted by atomic mass is 16.5. The number of fused-ring (bicyclic) bond motifs is 1. The molecule has 5 heteroatoms. The number of β-amino-alcohol motifs (C(OH)–C–C–N with tert-alkyl or cyclic N) is 1. The fraction of sp³-hybridized carbons (Fsp3) is 0.588. The van der Waals surface area contributed by atoms with Crippen molar-refractivity contribution in [1.29, 1.82) is 0 Å². The third kappa shape index (κ3) is 3.78. The number of nitrogens with zero attached hydrogens (tertiary/aromatic N) is 1. The second-order valence-corrected chi connectivity index (χ2v) is 6.91. The molecule has 0 saturated carbocycles. The lowest BCUT2D eigenvalue weighted by molar-refractivity contribution is 0.100. The van der Waals surface area contributed by atoms with E-state index in [1.54, 1.807) is 0 Å². The molecule has 1 atom stereocenters. The third-order valence-electron chi connectivity index (χ3n) is 3.53. The molecule has 1 aromatic heterocycles. The molecule has 1 unspecified atom stereocenters. The number of ether oxygens (including phenoxy) is 1. The predicted octanol–water partition coefficient (Wildman–Crippen LogP) is 2.88. The Bertz CT molecular complexity index is 656. The van der Waals surface area contributed by atoms with Crippen LogP contribution in [0.1, 0.15) is 37.6 Å². The maximum absolute atomic E-state index is 10.1. The maximum Gasteiger partial charge on any atom is 0.173 e. The van der Waals surface area contributed by atoms with Gasteiger partial charge in [-0.1, -0.05) is 5.16 Å². The predicted molar refractivity (Wildman–Crippen MR) is 87.5 cm³/mol. The Labute approximate surface area is 131 Å². The van der Waals surface area contributed by atoms with Crippen LogP contribution in [-0.4, -0.2) is 35.1 Å². The van der Waals surface area contributed by atoms with Crippen LogP contribution in [0, 0.1) is 20.8 Å². The van der Waals surface area contributed by atoms with Gasteiger partial charge in [-0.3, -0.25) is 0 Å². The average Bonchev–Trinajstić information content (AvgIpc) is 2.78. The van der Waals surface area contributed by atoms with E-state index >= 15 is 0 Å². The summed E-state index contributed by atoms with van der Waals surface area (Å²) >= 11 is 0. The van der Waals surface area contributed by atoms with Crippen LogP contribution in [0.2, 0.25) is 0 Å². The second kappa shape index (κ2) is 6.26. The number of aryl methyl sites for hydroxylation is 3. The fourth-order valence-corrected chi connectivity index (χ4v) is 2.41. The molecule has 1 aromatic carbocycles. The Hall–Kier alpha value is -1.59. The molecule has 2 N–H and O–H groups in total. The third-order valence-corrected chi connectivity index (χ3v) is 3.53. The number of hydrogen-bond acceptors (Lipinski definition) is 5. The molecule has 5 nitrogen and oxygen atoms in total. The molecule has 2 rings (SSSR count). The highest BCUT2D eigenvalue weighted by Crippen LogP contribution is 2.34.